The van der Waals surface area contributed by atoms with Crippen LogP contribution in [0.15, 0.2) is 24.3 Å². The van der Waals surface area contributed by atoms with E-state index in [2.05, 4.69) is 41.4 Å². The largest absolute Gasteiger partial charge is 0.313 e. The number of hydrogen-bond acceptors (Lipinski definition) is 2. The maximum atomic E-state index is 3.65. The van der Waals surface area contributed by atoms with Crippen molar-refractivity contribution in [2.24, 2.45) is 5.92 Å². The summed E-state index contributed by atoms with van der Waals surface area (Å²) in [4.78, 5) is 2.70. The Balaban J connectivity index is 1.64. The molecule has 1 aliphatic carbocycles. The third-order valence-corrected chi connectivity index (χ3v) is 4.75. The molecule has 20 heavy (non-hydrogen) atoms. The van der Waals surface area contributed by atoms with E-state index in [1.807, 2.05) is 0 Å². The van der Waals surface area contributed by atoms with Gasteiger partial charge in [-0.05, 0) is 55.7 Å². The van der Waals surface area contributed by atoms with Crippen molar-refractivity contribution in [1.82, 2.24) is 10.2 Å². The van der Waals surface area contributed by atoms with Gasteiger partial charge < -0.3 is 5.32 Å². The van der Waals surface area contributed by atoms with Crippen LogP contribution < -0.4 is 5.32 Å². The minimum atomic E-state index is 0.725. The first-order chi connectivity index (χ1) is 9.85. The third-order valence-electron chi connectivity index (χ3n) is 4.75. The predicted molar refractivity (Wildman–Crippen MR) is 84.8 cm³/mol. The van der Waals surface area contributed by atoms with E-state index in [1.54, 1.807) is 0 Å². The van der Waals surface area contributed by atoms with E-state index in [1.165, 1.54) is 56.4 Å². The second-order valence-electron chi connectivity index (χ2n) is 6.55. The molecule has 1 N–H and O–H groups in total. The number of nitrogens with zero attached hydrogens (tertiary/aromatic N) is 1. The number of nitrogens with one attached hydrogen (secondary N) is 1. The van der Waals surface area contributed by atoms with Gasteiger partial charge in [-0.1, -0.05) is 31.2 Å². The lowest BCUT2D eigenvalue weighted by molar-refractivity contribution is 0.231. The summed E-state index contributed by atoms with van der Waals surface area (Å²) in [6.07, 6.45) is 6.76. The molecule has 110 valence electrons. The van der Waals surface area contributed by atoms with Crippen molar-refractivity contribution in [3.63, 3.8) is 0 Å². The van der Waals surface area contributed by atoms with Gasteiger partial charge in [0.05, 0.1) is 0 Å². The molecule has 1 aromatic carbocycles. The monoisotopic (exact) mass is 272 g/mol. The van der Waals surface area contributed by atoms with Crippen molar-refractivity contribution < 1.29 is 0 Å². The summed E-state index contributed by atoms with van der Waals surface area (Å²) in [5.41, 5.74) is 3.06. The molecule has 2 fully saturated rings. The van der Waals surface area contributed by atoms with E-state index in [0.717, 1.165) is 24.9 Å². The normalized spacial score (nSPS) is 22.6. The van der Waals surface area contributed by atoms with E-state index >= 15 is 0 Å². The van der Waals surface area contributed by atoms with E-state index < -0.39 is 0 Å². The van der Waals surface area contributed by atoms with Gasteiger partial charge >= 0.3 is 0 Å². The standard InChI is InChI=1S/C18H28N2/c1-2-16-6-3-4-7-17(16)13-20(12-15-9-10-15)14-18-8-5-11-19-18/h3-4,6-7,15,18-19H,2,5,8-14H2,1H3. The Hall–Kier alpha value is -0.860. The highest BCUT2D eigenvalue weighted by Crippen LogP contribution is 2.30. The van der Waals surface area contributed by atoms with Crippen molar-refractivity contribution in [3.8, 4) is 0 Å². The zero-order valence-corrected chi connectivity index (χ0v) is 12.8. The Bertz CT molecular complexity index is 419. The molecule has 0 radical (unpaired) electrons. The molecule has 0 amide bonds. The van der Waals surface area contributed by atoms with Crippen molar-refractivity contribution in [3.05, 3.63) is 35.4 Å². The van der Waals surface area contributed by atoms with Gasteiger partial charge in [-0.3, -0.25) is 4.90 Å². The molecule has 0 spiro atoms. The Labute approximate surface area is 123 Å². The van der Waals surface area contributed by atoms with Gasteiger partial charge in [0.2, 0.25) is 0 Å². The highest BCUT2D eigenvalue weighted by molar-refractivity contribution is 5.27. The van der Waals surface area contributed by atoms with Crippen LogP contribution in [0.1, 0.15) is 43.7 Å². The van der Waals surface area contributed by atoms with Crippen LogP contribution in [0.5, 0.6) is 0 Å². The van der Waals surface area contributed by atoms with Crippen LogP contribution >= 0.6 is 0 Å². The average Bonchev–Trinajstić information content (AvgIpc) is 3.13. The summed E-state index contributed by atoms with van der Waals surface area (Å²) in [5, 5.41) is 3.65. The van der Waals surface area contributed by atoms with Crippen molar-refractivity contribution in [2.45, 2.75) is 51.6 Å². The Morgan fingerprint density at radius 1 is 1.10 bits per heavy atom. The maximum absolute atomic E-state index is 3.65. The fourth-order valence-electron chi connectivity index (χ4n) is 3.39. The van der Waals surface area contributed by atoms with Crippen LogP contribution in [0.4, 0.5) is 0 Å². The van der Waals surface area contributed by atoms with E-state index in [9.17, 15) is 0 Å². The molecule has 2 aliphatic rings. The van der Waals surface area contributed by atoms with Crippen LogP contribution in [0, 0.1) is 5.92 Å². The van der Waals surface area contributed by atoms with E-state index in [-0.39, 0.29) is 0 Å². The predicted octanol–water partition coefficient (Wildman–Crippen LogP) is 3.21. The first-order valence-electron chi connectivity index (χ1n) is 8.37. The zero-order valence-electron chi connectivity index (χ0n) is 12.8. The van der Waals surface area contributed by atoms with Gasteiger partial charge in [-0.2, -0.15) is 0 Å². The maximum Gasteiger partial charge on any atom is 0.0237 e. The van der Waals surface area contributed by atoms with Gasteiger partial charge in [-0.15, -0.1) is 0 Å². The van der Waals surface area contributed by atoms with Crippen molar-refractivity contribution >= 4 is 0 Å². The molecule has 1 saturated carbocycles. The minimum absolute atomic E-state index is 0.725. The summed E-state index contributed by atoms with van der Waals surface area (Å²) in [6, 6.07) is 9.70. The van der Waals surface area contributed by atoms with Gasteiger partial charge in [0.15, 0.2) is 0 Å². The quantitative estimate of drug-likeness (QED) is 0.820. The van der Waals surface area contributed by atoms with E-state index in [0.29, 0.717) is 0 Å². The third kappa shape index (κ3) is 3.83. The van der Waals surface area contributed by atoms with Gasteiger partial charge in [-0.25, -0.2) is 0 Å². The number of aryl methyl sites for hydroxylation is 1. The lowest BCUT2D eigenvalue weighted by Crippen LogP contribution is -2.38. The van der Waals surface area contributed by atoms with Crippen LogP contribution in [0.2, 0.25) is 0 Å². The smallest absolute Gasteiger partial charge is 0.0237 e. The SMILES string of the molecule is CCc1ccccc1CN(CC1CC1)CC1CCCN1. The molecule has 2 nitrogen and oxygen atoms in total. The number of benzene rings is 1. The van der Waals surface area contributed by atoms with Crippen LogP contribution in [0.3, 0.4) is 0 Å². The van der Waals surface area contributed by atoms with Crippen molar-refractivity contribution in [1.29, 1.82) is 0 Å². The number of rotatable bonds is 7. The Morgan fingerprint density at radius 2 is 1.90 bits per heavy atom. The summed E-state index contributed by atoms with van der Waals surface area (Å²) >= 11 is 0. The topological polar surface area (TPSA) is 15.3 Å². The molecule has 3 rings (SSSR count). The summed E-state index contributed by atoms with van der Waals surface area (Å²) in [6.45, 7) is 7.15. The van der Waals surface area contributed by atoms with Crippen LogP contribution in [-0.2, 0) is 13.0 Å². The molecule has 1 heterocycles. The fraction of sp³-hybridized carbons (Fsp3) is 0.667. The molecular weight excluding hydrogens is 244 g/mol. The van der Waals surface area contributed by atoms with Gasteiger partial charge in [0.25, 0.3) is 0 Å². The first kappa shape index (κ1) is 14.1. The minimum Gasteiger partial charge on any atom is -0.313 e. The van der Waals surface area contributed by atoms with Crippen LogP contribution in [-0.4, -0.2) is 30.6 Å². The highest BCUT2D eigenvalue weighted by Gasteiger charge is 2.26. The molecule has 0 bridgehead atoms. The molecule has 0 aromatic heterocycles. The summed E-state index contributed by atoms with van der Waals surface area (Å²) < 4.78 is 0. The first-order valence-corrected chi connectivity index (χ1v) is 8.37. The molecule has 2 heteroatoms. The second-order valence-corrected chi connectivity index (χ2v) is 6.55. The molecule has 1 aromatic rings. The molecule has 1 aliphatic heterocycles. The van der Waals surface area contributed by atoms with Crippen LogP contribution in [0.25, 0.3) is 0 Å². The Kier molecular flexibility index (Phi) is 4.74. The van der Waals surface area contributed by atoms with E-state index in [4.69, 9.17) is 0 Å². The summed E-state index contributed by atoms with van der Waals surface area (Å²) in [5.74, 6) is 0.977. The summed E-state index contributed by atoms with van der Waals surface area (Å²) in [7, 11) is 0. The van der Waals surface area contributed by atoms with Crippen molar-refractivity contribution in [2.75, 3.05) is 19.6 Å². The highest BCUT2D eigenvalue weighted by atomic mass is 15.2. The van der Waals surface area contributed by atoms with Gasteiger partial charge in [0.1, 0.15) is 0 Å². The average molecular weight is 272 g/mol. The zero-order chi connectivity index (χ0) is 13.8. The second kappa shape index (κ2) is 6.73. The molecular formula is C18H28N2. The fourth-order valence-corrected chi connectivity index (χ4v) is 3.39. The molecule has 1 saturated heterocycles. The Morgan fingerprint density at radius 3 is 2.55 bits per heavy atom. The molecule has 1 atom stereocenters. The van der Waals surface area contributed by atoms with Gasteiger partial charge in [0, 0.05) is 25.7 Å². The lowest BCUT2D eigenvalue weighted by Gasteiger charge is -2.26. The number of hydrogen-bond donors (Lipinski definition) is 1. The lowest BCUT2D eigenvalue weighted by atomic mass is 10.0. The molecule has 1 unspecified atom stereocenters.